The van der Waals surface area contributed by atoms with Crippen molar-refractivity contribution >= 4 is 11.7 Å². The zero-order valence-corrected chi connectivity index (χ0v) is 12.6. The van der Waals surface area contributed by atoms with Crippen molar-refractivity contribution < 1.29 is 4.79 Å². The molecule has 4 nitrogen and oxygen atoms in total. The molecule has 1 amide bonds. The van der Waals surface area contributed by atoms with E-state index in [1.165, 1.54) is 12.8 Å². The summed E-state index contributed by atoms with van der Waals surface area (Å²) in [6.45, 7) is 8.73. The molecular formula is C15H27N3O. The molecular weight excluding hydrogens is 238 g/mol. The van der Waals surface area contributed by atoms with E-state index >= 15 is 0 Å². The summed E-state index contributed by atoms with van der Waals surface area (Å²) in [6, 6.07) is 0.748. The van der Waals surface area contributed by atoms with Crippen molar-refractivity contribution in [3.05, 3.63) is 0 Å². The number of amidine groups is 1. The maximum absolute atomic E-state index is 12.3. The topological polar surface area (TPSA) is 56.2 Å². The molecule has 0 radical (unpaired) electrons. The molecule has 2 heterocycles. The number of hydrogen-bond donors (Lipinski definition) is 2. The van der Waals surface area contributed by atoms with Gasteiger partial charge in [0.05, 0.1) is 11.3 Å². The van der Waals surface area contributed by atoms with Gasteiger partial charge in [-0.3, -0.25) is 10.2 Å². The first-order valence-corrected chi connectivity index (χ1v) is 7.67. The van der Waals surface area contributed by atoms with Gasteiger partial charge in [-0.1, -0.05) is 20.3 Å². The predicted molar refractivity (Wildman–Crippen MR) is 77.2 cm³/mol. The summed E-state index contributed by atoms with van der Waals surface area (Å²) in [5.41, 5.74) is -0.192. The Balaban J connectivity index is 0.000000637. The Morgan fingerprint density at radius 1 is 1.42 bits per heavy atom. The first kappa shape index (κ1) is 14.4. The minimum absolute atomic E-state index is 0.192. The van der Waals surface area contributed by atoms with Crippen molar-refractivity contribution in [2.45, 2.75) is 65.5 Å². The number of nitrogens with one attached hydrogen (secondary N) is 2. The first-order valence-electron chi connectivity index (χ1n) is 7.67. The highest BCUT2D eigenvalue weighted by Gasteiger charge is 2.60. The van der Waals surface area contributed by atoms with Crippen LogP contribution in [0, 0.1) is 16.7 Å². The summed E-state index contributed by atoms with van der Waals surface area (Å²) >= 11 is 0. The summed E-state index contributed by atoms with van der Waals surface area (Å²) in [6.07, 6.45) is 4.50. The van der Waals surface area contributed by atoms with E-state index in [4.69, 9.17) is 5.41 Å². The second-order valence-electron chi connectivity index (χ2n) is 6.04. The second kappa shape index (κ2) is 5.14. The van der Waals surface area contributed by atoms with Gasteiger partial charge in [0.25, 0.3) is 0 Å². The van der Waals surface area contributed by atoms with Gasteiger partial charge in [-0.2, -0.15) is 0 Å². The van der Waals surface area contributed by atoms with Crippen LogP contribution >= 0.6 is 0 Å². The van der Waals surface area contributed by atoms with E-state index in [-0.39, 0.29) is 11.3 Å². The maximum Gasteiger partial charge on any atom is 0.228 e. The smallest absolute Gasteiger partial charge is 0.228 e. The average Bonchev–Trinajstić information content (AvgIpc) is 3.01. The van der Waals surface area contributed by atoms with E-state index in [2.05, 4.69) is 17.1 Å². The number of amides is 1. The molecule has 2 saturated heterocycles. The molecule has 0 aromatic rings. The Bertz CT molecular complexity index is 382. The molecule has 108 valence electrons. The monoisotopic (exact) mass is 265 g/mol. The Kier molecular flexibility index (Phi) is 3.88. The number of carbonyl (C=O) groups excluding carboxylic acids is 1. The molecule has 0 aromatic carbocycles. The maximum atomic E-state index is 12.3. The van der Waals surface area contributed by atoms with E-state index < -0.39 is 0 Å². The highest BCUT2D eigenvalue weighted by molar-refractivity contribution is 5.88. The lowest BCUT2D eigenvalue weighted by Crippen LogP contribution is -2.39. The van der Waals surface area contributed by atoms with Gasteiger partial charge in [-0.25, -0.2) is 0 Å². The standard InChI is InChI=1S/C13H21N3O.C2H6/c1-8-6-13(7-16(8)9(2)14)10-4-3-5-11(10)15-12(13)17;1-2/h8,10-11,14H,3-7H2,1-2H3,(H,15,17);1-2H3. The lowest BCUT2D eigenvalue weighted by atomic mass is 9.74. The van der Waals surface area contributed by atoms with Gasteiger partial charge in [0.1, 0.15) is 0 Å². The number of fused-ring (bicyclic) bond motifs is 2. The van der Waals surface area contributed by atoms with Gasteiger partial charge in [-0.15, -0.1) is 0 Å². The Hall–Kier alpha value is -1.06. The lowest BCUT2D eigenvalue weighted by molar-refractivity contribution is -0.128. The van der Waals surface area contributed by atoms with Gasteiger partial charge < -0.3 is 10.2 Å². The SMILES string of the molecule is CC.CC(=N)N1CC2(CC1C)C(=O)NC1CCCC12. The van der Waals surface area contributed by atoms with Gasteiger partial charge in [0.2, 0.25) is 5.91 Å². The van der Waals surface area contributed by atoms with Crippen LogP contribution in [0.5, 0.6) is 0 Å². The predicted octanol–water partition coefficient (Wildman–Crippen LogP) is 2.39. The zero-order valence-electron chi connectivity index (χ0n) is 12.6. The Morgan fingerprint density at radius 3 is 2.68 bits per heavy atom. The third-order valence-corrected chi connectivity index (χ3v) is 5.07. The average molecular weight is 265 g/mol. The van der Waals surface area contributed by atoms with Crippen molar-refractivity contribution in [2.75, 3.05) is 6.54 Å². The molecule has 3 fully saturated rings. The molecule has 3 rings (SSSR count). The molecule has 0 aromatic heterocycles. The van der Waals surface area contributed by atoms with Crippen LogP contribution in [0.15, 0.2) is 0 Å². The van der Waals surface area contributed by atoms with Crippen LogP contribution in [0.4, 0.5) is 0 Å². The molecule has 3 aliphatic rings. The van der Waals surface area contributed by atoms with E-state index in [1.54, 1.807) is 0 Å². The van der Waals surface area contributed by atoms with E-state index in [0.717, 1.165) is 19.4 Å². The summed E-state index contributed by atoms with van der Waals surface area (Å²) in [4.78, 5) is 14.4. The number of rotatable bonds is 0. The summed E-state index contributed by atoms with van der Waals surface area (Å²) < 4.78 is 0. The lowest BCUT2D eigenvalue weighted by Gasteiger charge is -2.27. The van der Waals surface area contributed by atoms with Crippen LogP contribution in [0.25, 0.3) is 0 Å². The molecule has 4 heteroatoms. The van der Waals surface area contributed by atoms with Crippen LogP contribution in [-0.4, -0.2) is 35.3 Å². The third-order valence-electron chi connectivity index (χ3n) is 5.07. The van der Waals surface area contributed by atoms with E-state index in [9.17, 15) is 4.79 Å². The van der Waals surface area contributed by atoms with Crippen molar-refractivity contribution in [3.63, 3.8) is 0 Å². The molecule has 1 saturated carbocycles. The van der Waals surface area contributed by atoms with Crippen molar-refractivity contribution in [1.29, 1.82) is 5.41 Å². The molecule has 19 heavy (non-hydrogen) atoms. The van der Waals surface area contributed by atoms with Crippen LogP contribution in [-0.2, 0) is 4.79 Å². The zero-order chi connectivity index (χ0) is 14.2. The molecule has 1 spiro atoms. The van der Waals surface area contributed by atoms with Crippen LogP contribution in [0.1, 0.15) is 53.4 Å². The molecule has 2 aliphatic heterocycles. The largest absolute Gasteiger partial charge is 0.357 e. The number of hydrogen-bond acceptors (Lipinski definition) is 2. The highest BCUT2D eigenvalue weighted by atomic mass is 16.2. The summed E-state index contributed by atoms with van der Waals surface area (Å²) in [7, 11) is 0. The second-order valence-corrected chi connectivity index (χ2v) is 6.04. The fourth-order valence-corrected chi connectivity index (χ4v) is 4.32. The number of carbonyl (C=O) groups is 1. The quantitative estimate of drug-likeness (QED) is 0.522. The van der Waals surface area contributed by atoms with Crippen LogP contribution in [0.3, 0.4) is 0 Å². The minimum Gasteiger partial charge on any atom is -0.357 e. The van der Waals surface area contributed by atoms with Gasteiger partial charge in [0, 0.05) is 18.6 Å². The highest BCUT2D eigenvalue weighted by Crippen LogP contribution is 2.51. The van der Waals surface area contributed by atoms with Gasteiger partial charge in [0.15, 0.2) is 0 Å². The number of nitrogens with zero attached hydrogens (tertiary/aromatic N) is 1. The minimum atomic E-state index is -0.192. The Morgan fingerprint density at radius 2 is 2.11 bits per heavy atom. The fourth-order valence-electron chi connectivity index (χ4n) is 4.32. The van der Waals surface area contributed by atoms with Crippen molar-refractivity contribution in [3.8, 4) is 0 Å². The Labute approximate surface area is 116 Å². The molecule has 1 aliphatic carbocycles. The normalized spacial score (nSPS) is 39.9. The fraction of sp³-hybridized carbons (Fsp3) is 0.867. The van der Waals surface area contributed by atoms with Crippen LogP contribution in [0.2, 0.25) is 0 Å². The third kappa shape index (κ3) is 2.05. The van der Waals surface area contributed by atoms with Crippen molar-refractivity contribution in [1.82, 2.24) is 10.2 Å². The summed E-state index contributed by atoms with van der Waals surface area (Å²) in [5, 5.41) is 11.0. The van der Waals surface area contributed by atoms with Crippen LogP contribution < -0.4 is 5.32 Å². The molecule has 4 atom stereocenters. The molecule has 4 unspecified atom stereocenters. The van der Waals surface area contributed by atoms with Crippen molar-refractivity contribution in [2.24, 2.45) is 11.3 Å². The molecule has 0 bridgehead atoms. The van der Waals surface area contributed by atoms with E-state index in [0.29, 0.717) is 23.8 Å². The van der Waals surface area contributed by atoms with Gasteiger partial charge in [-0.05, 0) is 39.0 Å². The first-order chi connectivity index (χ1) is 9.04. The van der Waals surface area contributed by atoms with Gasteiger partial charge >= 0.3 is 0 Å². The number of likely N-dealkylation sites (tertiary alicyclic amines) is 1. The van der Waals surface area contributed by atoms with E-state index in [1.807, 2.05) is 20.8 Å². The summed E-state index contributed by atoms with van der Waals surface area (Å²) in [5.74, 6) is 1.37. The molecule has 2 N–H and O–H groups in total.